The second-order valence-electron chi connectivity index (χ2n) is 7.76. The number of carbonyl (C=O) groups is 1. The van der Waals surface area contributed by atoms with Crippen LogP contribution in [0.2, 0.25) is 0 Å². The van der Waals surface area contributed by atoms with E-state index in [1.165, 1.54) is 30.4 Å². The van der Waals surface area contributed by atoms with Crippen molar-refractivity contribution < 1.29 is 9.32 Å². The van der Waals surface area contributed by atoms with Gasteiger partial charge in [0.15, 0.2) is 0 Å². The summed E-state index contributed by atoms with van der Waals surface area (Å²) in [6.45, 7) is 3.82. The number of aryl methyl sites for hydroxylation is 1. The molecule has 1 aliphatic heterocycles. The van der Waals surface area contributed by atoms with Gasteiger partial charge in [-0.05, 0) is 37.1 Å². The van der Waals surface area contributed by atoms with E-state index in [1.807, 2.05) is 36.4 Å². The Morgan fingerprint density at radius 2 is 1.70 bits per heavy atom. The third-order valence-corrected chi connectivity index (χ3v) is 5.50. The van der Waals surface area contributed by atoms with E-state index in [2.05, 4.69) is 38.6 Å². The highest BCUT2D eigenvalue weighted by atomic mass is 16.5. The smallest absolute Gasteiger partial charge is 0.227 e. The maximum atomic E-state index is 12.4. The highest BCUT2D eigenvalue weighted by Crippen LogP contribution is 2.17. The summed E-state index contributed by atoms with van der Waals surface area (Å²) >= 11 is 0. The van der Waals surface area contributed by atoms with E-state index >= 15 is 0 Å². The van der Waals surface area contributed by atoms with Crippen molar-refractivity contribution in [2.45, 2.75) is 45.2 Å². The Kier molecular flexibility index (Phi) is 6.87. The predicted octanol–water partition coefficient (Wildman–Crippen LogP) is 3.97. The zero-order valence-electron chi connectivity index (χ0n) is 17.2. The number of nitrogens with zero attached hydrogens (tertiary/aromatic N) is 3. The number of hydrogen-bond donors (Lipinski definition) is 1. The molecule has 4 rings (SSSR count). The molecule has 6 nitrogen and oxygen atoms in total. The van der Waals surface area contributed by atoms with Gasteiger partial charge in [-0.1, -0.05) is 66.2 Å². The third kappa shape index (κ3) is 5.54. The van der Waals surface area contributed by atoms with Crippen LogP contribution in [-0.4, -0.2) is 34.0 Å². The van der Waals surface area contributed by atoms with E-state index in [0.29, 0.717) is 31.1 Å². The van der Waals surface area contributed by atoms with Gasteiger partial charge >= 0.3 is 0 Å². The topological polar surface area (TPSA) is 71.3 Å². The zero-order chi connectivity index (χ0) is 20.6. The molecule has 30 heavy (non-hydrogen) atoms. The molecule has 1 N–H and O–H groups in total. The fraction of sp³-hybridized carbons (Fsp3) is 0.375. The molecule has 3 aromatic rings. The molecule has 1 fully saturated rings. The minimum absolute atomic E-state index is 0.0118. The van der Waals surface area contributed by atoms with Crippen LogP contribution in [0, 0.1) is 0 Å². The number of hydrogen-bond acceptors (Lipinski definition) is 5. The molecule has 1 aliphatic rings. The summed E-state index contributed by atoms with van der Waals surface area (Å²) in [6, 6.07) is 18.0. The number of carbonyl (C=O) groups excluding carboxylic acids is 1. The monoisotopic (exact) mass is 404 g/mol. The van der Waals surface area contributed by atoms with Crippen LogP contribution >= 0.6 is 0 Å². The number of nitrogens with one attached hydrogen (secondary N) is 1. The number of piperidine rings is 1. The summed E-state index contributed by atoms with van der Waals surface area (Å²) in [6.07, 6.45) is 4.65. The molecule has 2 aromatic carbocycles. The van der Waals surface area contributed by atoms with Gasteiger partial charge in [-0.2, -0.15) is 4.98 Å². The van der Waals surface area contributed by atoms with Crippen molar-refractivity contribution in [2.75, 3.05) is 13.1 Å². The lowest BCUT2D eigenvalue weighted by Crippen LogP contribution is -2.30. The predicted molar refractivity (Wildman–Crippen MR) is 115 cm³/mol. The molecular formula is C24H28N4O2. The van der Waals surface area contributed by atoms with Crippen LogP contribution in [0.5, 0.6) is 0 Å². The second kappa shape index (κ2) is 10.2. The number of rotatable bonds is 8. The summed E-state index contributed by atoms with van der Waals surface area (Å²) in [7, 11) is 0. The van der Waals surface area contributed by atoms with Gasteiger partial charge in [-0.3, -0.25) is 9.69 Å². The lowest BCUT2D eigenvalue weighted by atomic mass is 10.0. The van der Waals surface area contributed by atoms with E-state index in [-0.39, 0.29) is 5.91 Å². The minimum atomic E-state index is -0.0118. The van der Waals surface area contributed by atoms with E-state index in [1.54, 1.807) is 0 Å². The quantitative estimate of drug-likeness (QED) is 0.615. The summed E-state index contributed by atoms with van der Waals surface area (Å²) in [5, 5.41) is 7.04. The fourth-order valence-corrected chi connectivity index (χ4v) is 3.81. The Hall–Kier alpha value is -2.99. The maximum absolute atomic E-state index is 12.4. The first-order chi connectivity index (χ1) is 14.8. The van der Waals surface area contributed by atoms with Gasteiger partial charge in [-0.15, -0.1) is 0 Å². The molecule has 2 heterocycles. The molecule has 0 aliphatic carbocycles. The van der Waals surface area contributed by atoms with Crippen LogP contribution in [-0.2, 0) is 24.3 Å². The van der Waals surface area contributed by atoms with Crippen molar-refractivity contribution in [3.63, 3.8) is 0 Å². The van der Waals surface area contributed by atoms with Crippen molar-refractivity contribution >= 4 is 5.91 Å². The van der Waals surface area contributed by atoms with E-state index in [9.17, 15) is 4.79 Å². The van der Waals surface area contributed by atoms with Crippen molar-refractivity contribution in [3.8, 4) is 11.4 Å². The Morgan fingerprint density at radius 1 is 0.967 bits per heavy atom. The standard InChI is InChI=1S/C24H28N4O2/c29-22(13-14-23-26-24(27-30-23)19-9-3-1-4-10-19)25-17-20-11-5-6-12-21(20)18-28-15-7-2-8-16-28/h1,3-6,9-12H,2,7-8,13-18H2,(H,25,29). The van der Waals surface area contributed by atoms with Gasteiger partial charge in [0.05, 0.1) is 0 Å². The highest BCUT2D eigenvalue weighted by Gasteiger charge is 2.14. The zero-order valence-corrected chi connectivity index (χ0v) is 17.2. The fourth-order valence-electron chi connectivity index (χ4n) is 3.81. The van der Waals surface area contributed by atoms with Crippen LogP contribution in [0.1, 0.15) is 42.7 Å². The Labute approximate surface area is 177 Å². The molecule has 0 radical (unpaired) electrons. The lowest BCUT2D eigenvalue weighted by molar-refractivity contribution is -0.121. The average molecular weight is 405 g/mol. The van der Waals surface area contributed by atoms with Crippen molar-refractivity contribution in [2.24, 2.45) is 0 Å². The number of amides is 1. The maximum Gasteiger partial charge on any atom is 0.227 e. The van der Waals surface area contributed by atoms with E-state index in [4.69, 9.17) is 4.52 Å². The van der Waals surface area contributed by atoms with Crippen molar-refractivity contribution in [1.82, 2.24) is 20.4 Å². The van der Waals surface area contributed by atoms with Crippen molar-refractivity contribution in [3.05, 3.63) is 71.6 Å². The first-order valence-corrected chi connectivity index (χ1v) is 10.7. The Balaban J connectivity index is 1.27. The van der Waals surface area contributed by atoms with Gasteiger partial charge in [0.25, 0.3) is 0 Å². The first-order valence-electron chi connectivity index (χ1n) is 10.7. The van der Waals surface area contributed by atoms with Gasteiger partial charge in [0, 0.05) is 31.5 Å². The SMILES string of the molecule is O=C(CCc1nc(-c2ccccc2)no1)NCc1ccccc1CN1CCCCC1. The van der Waals surface area contributed by atoms with Gasteiger partial charge in [0.2, 0.25) is 17.6 Å². The number of aromatic nitrogens is 2. The van der Waals surface area contributed by atoms with Crippen LogP contribution in [0.15, 0.2) is 59.1 Å². The molecule has 0 bridgehead atoms. The number of benzene rings is 2. The molecule has 1 amide bonds. The Morgan fingerprint density at radius 3 is 2.50 bits per heavy atom. The van der Waals surface area contributed by atoms with E-state index < -0.39 is 0 Å². The largest absolute Gasteiger partial charge is 0.352 e. The molecule has 0 spiro atoms. The molecule has 0 atom stereocenters. The highest BCUT2D eigenvalue weighted by molar-refractivity contribution is 5.76. The van der Waals surface area contributed by atoms with Gasteiger partial charge < -0.3 is 9.84 Å². The van der Waals surface area contributed by atoms with Crippen LogP contribution in [0.3, 0.4) is 0 Å². The molecule has 0 saturated carbocycles. The normalized spacial score (nSPS) is 14.5. The van der Waals surface area contributed by atoms with Crippen LogP contribution in [0.25, 0.3) is 11.4 Å². The Bertz CT molecular complexity index is 949. The second-order valence-corrected chi connectivity index (χ2v) is 7.76. The molecule has 156 valence electrons. The molecule has 0 unspecified atom stereocenters. The van der Waals surface area contributed by atoms with Gasteiger partial charge in [-0.25, -0.2) is 0 Å². The lowest BCUT2D eigenvalue weighted by Gasteiger charge is -2.27. The van der Waals surface area contributed by atoms with E-state index in [0.717, 1.165) is 25.2 Å². The molecule has 1 aromatic heterocycles. The summed E-state index contributed by atoms with van der Waals surface area (Å²) in [5.74, 6) is 1.02. The first kappa shape index (κ1) is 20.3. The molecule has 6 heteroatoms. The average Bonchev–Trinajstić information content (AvgIpc) is 3.28. The third-order valence-electron chi connectivity index (χ3n) is 5.50. The number of likely N-dealkylation sites (tertiary alicyclic amines) is 1. The molecule has 1 saturated heterocycles. The van der Waals surface area contributed by atoms with Crippen LogP contribution < -0.4 is 5.32 Å². The van der Waals surface area contributed by atoms with Gasteiger partial charge in [0.1, 0.15) is 0 Å². The molecular weight excluding hydrogens is 376 g/mol. The summed E-state index contributed by atoms with van der Waals surface area (Å²) < 4.78 is 5.29. The summed E-state index contributed by atoms with van der Waals surface area (Å²) in [4.78, 5) is 19.2. The van der Waals surface area contributed by atoms with Crippen molar-refractivity contribution in [1.29, 1.82) is 0 Å². The van der Waals surface area contributed by atoms with Crippen LogP contribution in [0.4, 0.5) is 0 Å². The minimum Gasteiger partial charge on any atom is -0.352 e. The summed E-state index contributed by atoms with van der Waals surface area (Å²) in [5.41, 5.74) is 3.38.